The van der Waals surface area contributed by atoms with Gasteiger partial charge in [0.2, 0.25) is 0 Å². The summed E-state index contributed by atoms with van der Waals surface area (Å²) in [5, 5.41) is 0. The van der Waals surface area contributed by atoms with Gasteiger partial charge in [0.05, 0.1) is 12.3 Å². The first-order valence-corrected chi connectivity index (χ1v) is 9.47. The smallest absolute Gasteiger partial charge is 0.0622 e. The molecule has 2 aliphatic heterocycles. The van der Waals surface area contributed by atoms with E-state index in [9.17, 15) is 0 Å². The highest BCUT2D eigenvalue weighted by Crippen LogP contribution is 2.23. The fourth-order valence-electron chi connectivity index (χ4n) is 3.98. The average Bonchev–Trinajstić information content (AvgIpc) is 3.07. The highest BCUT2D eigenvalue weighted by Gasteiger charge is 2.34. The fourth-order valence-corrected chi connectivity index (χ4v) is 3.98. The molecule has 0 spiro atoms. The summed E-state index contributed by atoms with van der Waals surface area (Å²) in [4.78, 5) is 10.1. The van der Waals surface area contributed by atoms with Crippen molar-refractivity contribution in [2.75, 3.05) is 46.3 Å². The molecule has 2 heterocycles. The van der Waals surface area contributed by atoms with Crippen molar-refractivity contribution in [2.24, 2.45) is 0 Å². The molecule has 0 aliphatic carbocycles. The normalized spacial score (nSPS) is 31.5. The van der Waals surface area contributed by atoms with E-state index in [4.69, 9.17) is 0 Å². The van der Waals surface area contributed by atoms with Gasteiger partial charge in [0.15, 0.2) is 0 Å². The molecule has 2 rings (SSSR count). The summed E-state index contributed by atoms with van der Waals surface area (Å²) in [6, 6.07) is 0.801. The van der Waals surface area contributed by atoms with Gasteiger partial charge in [-0.05, 0) is 46.4 Å². The molecule has 3 atom stereocenters. The molecule has 2 aliphatic rings. The first kappa shape index (κ1) is 19.9. The van der Waals surface area contributed by atoms with Crippen LogP contribution < -0.4 is 0 Å². The zero-order chi connectivity index (χ0) is 16.7. The molecule has 0 aromatic rings. The van der Waals surface area contributed by atoms with E-state index in [2.05, 4.69) is 68.2 Å². The lowest BCUT2D eigenvalue weighted by Crippen LogP contribution is -2.39. The van der Waals surface area contributed by atoms with Gasteiger partial charge in [-0.1, -0.05) is 34.6 Å². The molecular formula is C18H40N4. The molecule has 0 bridgehead atoms. The Morgan fingerprint density at radius 1 is 0.818 bits per heavy atom. The van der Waals surface area contributed by atoms with Crippen molar-refractivity contribution in [2.45, 2.75) is 72.8 Å². The topological polar surface area (TPSA) is 13.0 Å². The second-order valence-corrected chi connectivity index (χ2v) is 6.61. The Kier molecular flexibility index (Phi) is 8.91. The third-order valence-corrected chi connectivity index (χ3v) is 5.64. The molecule has 0 saturated carbocycles. The van der Waals surface area contributed by atoms with E-state index in [0.717, 1.165) is 6.04 Å². The van der Waals surface area contributed by atoms with Crippen LogP contribution in [0.15, 0.2) is 0 Å². The molecule has 4 nitrogen and oxygen atoms in total. The van der Waals surface area contributed by atoms with Gasteiger partial charge in [-0.15, -0.1) is 0 Å². The molecule has 132 valence electrons. The van der Waals surface area contributed by atoms with Gasteiger partial charge in [0, 0.05) is 25.7 Å². The van der Waals surface area contributed by atoms with E-state index >= 15 is 0 Å². The second kappa shape index (κ2) is 9.86. The maximum Gasteiger partial charge on any atom is 0.0622 e. The number of rotatable bonds is 5. The van der Waals surface area contributed by atoms with E-state index < -0.39 is 0 Å². The number of nitrogens with zero attached hydrogens (tertiary/aromatic N) is 4. The minimum absolute atomic E-state index is 0.662. The third kappa shape index (κ3) is 4.67. The van der Waals surface area contributed by atoms with E-state index in [1.54, 1.807) is 0 Å². The van der Waals surface area contributed by atoms with Crippen molar-refractivity contribution in [3.63, 3.8) is 0 Å². The summed E-state index contributed by atoms with van der Waals surface area (Å²) in [5.74, 6) is 0. The molecule has 4 heteroatoms. The SMILES string of the molecule is CCC1CN(CC)C(CC)N1CC.CCN1CCN(C)C1C. The van der Waals surface area contributed by atoms with Crippen molar-refractivity contribution in [1.82, 2.24) is 19.6 Å². The van der Waals surface area contributed by atoms with Gasteiger partial charge in [0.25, 0.3) is 0 Å². The maximum absolute atomic E-state index is 2.66. The summed E-state index contributed by atoms with van der Waals surface area (Å²) in [7, 11) is 2.18. The van der Waals surface area contributed by atoms with Crippen LogP contribution in [0, 0.1) is 0 Å². The summed E-state index contributed by atoms with van der Waals surface area (Å²) < 4.78 is 0. The van der Waals surface area contributed by atoms with Crippen LogP contribution in [0.5, 0.6) is 0 Å². The predicted molar refractivity (Wildman–Crippen MR) is 97.1 cm³/mol. The van der Waals surface area contributed by atoms with Crippen molar-refractivity contribution in [3.8, 4) is 0 Å². The van der Waals surface area contributed by atoms with Crippen LogP contribution in [0.4, 0.5) is 0 Å². The summed E-state index contributed by atoms with van der Waals surface area (Å²) >= 11 is 0. The Balaban J connectivity index is 0.000000235. The van der Waals surface area contributed by atoms with Crippen LogP contribution in [-0.2, 0) is 0 Å². The first-order chi connectivity index (χ1) is 10.5. The molecule has 2 saturated heterocycles. The van der Waals surface area contributed by atoms with Gasteiger partial charge in [-0.3, -0.25) is 19.6 Å². The highest BCUT2D eigenvalue weighted by atomic mass is 15.4. The largest absolute Gasteiger partial charge is 0.290 e. The number of likely N-dealkylation sites (N-methyl/N-ethyl adjacent to an activating group) is 4. The molecule has 0 radical (unpaired) electrons. The van der Waals surface area contributed by atoms with E-state index in [1.807, 2.05) is 0 Å². The Morgan fingerprint density at radius 2 is 1.45 bits per heavy atom. The zero-order valence-corrected chi connectivity index (χ0v) is 16.2. The van der Waals surface area contributed by atoms with Gasteiger partial charge < -0.3 is 0 Å². The first-order valence-electron chi connectivity index (χ1n) is 9.47. The van der Waals surface area contributed by atoms with Crippen LogP contribution in [0.1, 0.15) is 54.4 Å². The molecule has 3 unspecified atom stereocenters. The maximum atomic E-state index is 2.66. The number of hydrogen-bond acceptors (Lipinski definition) is 4. The lowest BCUT2D eigenvalue weighted by atomic mass is 10.2. The second-order valence-electron chi connectivity index (χ2n) is 6.61. The van der Waals surface area contributed by atoms with E-state index in [0.29, 0.717) is 12.3 Å². The Hall–Kier alpha value is -0.160. The van der Waals surface area contributed by atoms with Crippen molar-refractivity contribution >= 4 is 0 Å². The molecule has 0 N–H and O–H groups in total. The van der Waals surface area contributed by atoms with Crippen molar-refractivity contribution in [1.29, 1.82) is 0 Å². The van der Waals surface area contributed by atoms with Crippen molar-refractivity contribution in [3.05, 3.63) is 0 Å². The quantitative estimate of drug-likeness (QED) is 0.774. The van der Waals surface area contributed by atoms with Gasteiger partial charge in [-0.2, -0.15) is 0 Å². The lowest BCUT2D eigenvalue weighted by Gasteiger charge is -2.29. The zero-order valence-electron chi connectivity index (χ0n) is 16.2. The molecule has 0 aromatic heterocycles. The summed E-state index contributed by atoms with van der Waals surface area (Å²) in [6.07, 6.45) is 3.92. The van der Waals surface area contributed by atoms with Crippen molar-refractivity contribution < 1.29 is 0 Å². The van der Waals surface area contributed by atoms with Crippen LogP contribution >= 0.6 is 0 Å². The standard InChI is InChI=1S/C11H24N2.C7H16N2/c1-5-10-9-12(7-3)11(6-2)13(10)8-4;1-4-9-6-5-8(3)7(9)2/h10-11H,5-9H2,1-4H3;7H,4-6H2,1-3H3. The van der Waals surface area contributed by atoms with E-state index in [1.165, 1.54) is 52.1 Å². The monoisotopic (exact) mass is 312 g/mol. The summed E-state index contributed by atoms with van der Waals surface area (Å²) in [5.41, 5.74) is 0. The van der Waals surface area contributed by atoms with Crippen LogP contribution in [0.3, 0.4) is 0 Å². The minimum atomic E-state index is 0.662. The molecule has 0 amide bonds. The lowest BCUT2D eigenvalue weighted by molar-refractivity contribution is 0.125. The Labute approximate surface area is 139 Å². The predicted octanol–water partition coefficient (Wildman–Crippen LogP) is 2.76. The average molecular weight is 313 g/mol. The Morgan fingerprint density at radius 3 is 1.77 bits per heavy atom. The molecule has 2 fully saturated rings. The molecule has 22 heavy (non-hydrogen) atoms. The third-order valence-electron chi connectivity index (χ3n) is 5.64. The van der Waals surface area contributed by atoms with Gasteiger partial charge >= 0.3 is 0 Å². The Bertz CT molecular complexity index is 281. The van der Waals surface area contributed by atoms with Crippen LogP contribution in [0.25, 0.3) is 0 Å². The van der Waals surface area contributed by atoms with Crippen LogP contribution in [0.2, 0.25) is 0 Å². The van der Waals surface area contributed by atoms with Gasteiger partial charge in [-0.25, -0.2) is 0 Å². The molecule has 0 aromatic carbocycles. The van der Waals surface area contributed by atoms with E-state index in [-0.39, 0.29) is 0 Å². The van der Waals surface area contributed by atoms with Crippen LogP contribution in [-0.4, -0.2) is 84.3 Å². The summed E-state index contributed by atoms with van der Waals surface area (Å²) in [6.45, 7) is 21.0. The molecular weight excluding hydrogens is 272 g/mol. The highest BCUT2D eigenvalue weighted by molar-refractivity contribution is 4.87. The fraction of sp³-hybridized carbons (Fsp3) is 1.00. The minimum Gasteiger partial charge on any atom is -0.290 e. The van der Waals surface area contributed by atoms with Gasteiger partial charge in [0.1, 0.15) is 0 Å². The number of hydrogen-bond donors (Lipinski definition) is 0.